The Morgan fingerprint density at radius 3 is 1.86 bits per heavy atom. The molecule has 0 saturated heterocycles. The van der Waals surface area contributed by atoms with Crippen LogP contribution in [0.5, 0.6) is 0 Å². The second-order valence-corrected chi connectivity index (χ2v) is 13.3. The van der Waals surface area contributed by atoms with Gasteiger partial charge in [0.2, 0.25) is 0 Å². The summed E-state index contributed by atoms with van der Waals surface area (Å²) in [6, 6.07) is 54.7. The van der Waals surface area contributed by atoms with Gasteiger partial charge in [-0.15, -0.1) is 11.3 Å². The van der Waals surface area contributed by atoms with Crippen LogP contribution < -0.4 is 0 Å². The summed E-state index contributed by atoms with van der Waals surface area (Å²) in [5.74, 6) is 1.93. The van der Waals surface area contributed by atoms with Gasteiger partial charge in [-0.3, -0.25) is 4.57 Å². The Kier molecular flexibility index (Phi) is 6.60. The molecule has 0 bridgehead atoms. The molecule has 10 rings (SSSR count). The standard InChI is InChI=1S/C44H27N5S/c1-3-13-28(14-4-1)30-17-9-18-31(27-30)42-46-41(29-15-5-2-6-16-29)47-43(48-42)36-22-10-20-33-34-21-11-25-38(40(34)50-39(33)36)49-37-24-8-7-19-32(37)35-23-12-26-45-44(35)49/h1-27H. The van der Waals surface area contributed by atoms with Crippen molar-refractivity contribution < 1.29 is 0 Å². The molecule has 0 spiro atoms. The van der Waals surface area contributed by atoms with E-state index in [2.05, 4.69) is 132 Å². The summed E-state index contributed by atoms with van der Waals surface area (Å²) < 4.78 is 4.63. The minimum absolute atomic E-state index is 0.641. The second kappa shape index (κ2) is 11.6. The lowest BCUT2D eigenvalue weighted by Gasteiger charge is -2.10. The molecule has 0 aliphatic heterocycles. The van der Waals surface area contributed by atoms with Crippen LogP contribution in [0.1, 0.15) is 0 Å². The number of hydrogen-bond acceptors (Lipinski definition) is 5. The van der Waals surface area contributed by atoms with Crippen LogP contribution in [0.15, 0.2) is 164 Å². The Bertz CT molecular complexity index is 2820. The lowest BCUT2D eigenvalue weighted by molar-refractivity contribution is 1.08. The van der Waals surface area contributed by atoms with E-state index in [4.69, 9.17) is 19.9 Å². The number of nitrogens with zero attached hydrogens (tertiary/aromatic N) is 5. The number of benzene rings is 6. The van der Waals surface area contributed by atoms with Crippen LogP contribution in [0.3, 0.4) is 0 Å². The van der Waals surface area contributed by atoms with Gasteiger partial charge in [-0.2, -0.15) is 0 Å². The van der Waals surface area contributed by atoms with E-state index < -0.39 is 0 Å². The third kappa shape index (κ3) is 4.61. The van der Waals surface area contributed by atoms with E-state index in [0.717, 1.165) is 54.8 Å². The molecule has 0 atom stereocenters. The number of thiophene rings is 1. The summed E-state index contributed by atoms with van der Waals surface area (Å²) in [4.78, 5) is 20.2. The van der Waals surface area contributed by atoms with Gasteiger partial charge < -0.3 is 0 Å². The Balaban J connectivity index is 1.20. The molecule has 0 amide bonds. The van der Waals surface area contributed by atoms with Crippen LogP contribution in [0, 0.1) is 0 Å². The van der Waals surface area contributed by atoms with E-state index in [9.17, 15) is 0 Å². The van der Waals surface area contributed by atoms with Crippen molar-refractivity contribution in [3.8, 4) is 51.0 Å². The summed E-state index contributed by atoms with van der Waals surface area (Å²) in [6.45, 7) is 0. The summed E-state index contributed by atoms with van der Waals surface area (Å²) in [6.07, 6.45) is 1.87. The topological polar surface area (TPSA) is 56.5 Å². The van der Waals surface area contributed by atoms with E-state index in [1.54, 1.807) is 11.3 Å². The van der Waals surface area contributed by atoms with Gasteiger partial charge in [0.25, 0.3) is 0 Å². The normalized spacial score (nSPS) is 11.6. The molecule has 50 heavy (non-hydrogen) atoms. The van der Waals surface area contributed by atoms with Crippen LogP contribution >= 0.6 is 11.3 Å². The average molecular weight is 658 g/mol. The molecule has 6 heteroatoms. The van der Waals surface area contributed by atoms with Crippen LogP contribution in [-0.4, -0.2) is 24.5 Å². The highest BCUT2D eigenvalue weighted by molar-refractivity contribution is 7.26. The molecule has 0 fully saturated rings. The smallest absolute Gasteiger partial charge is 0.165 e. The first-order chi connectivity index (χ1) is 24.8. The zero-order valence-corrected chi connectivity index (χ0v) is 27.5. The van der Waals surface area contributed by atoms with Crippen molar-refractivity contribution in [2.45, 2.75) is 0 Å². The third-order valence-electron chi connectivity index (χ3n) is 9.31. The quantitative estimate of drug-likeness (QED) is 0.185. The molecule has 0 radical (unpaired) electrons. The number of rotatable bonds is 5. The molecule has 0 N–H and O–H groups in total. The van der Waals surface area contributed by atoms with Gasteiger partial charge in [0.15, 0.2) is 17.5 Å². The highest BCUT2D eigenvalue weighted by Crippen LogP contribution is 2.43. The van der Waals surface area contributed by atoms with Crippen molar-refractivity contribution in [1.82, 2.24) is 24.5 Å². The Labute approximate surface area is 291 Å². The van der Waals surface area contributed by atoms with Crippen molar-refractivity contribution in [3.05, 3.63) is 164 Å². The fourth-order valence-corrected chi connectivity index (χ4v) is 8.32. The monoisotopic (exact) mass is 657 g/mol. The fraction of sp³-hybridized carbons (Fsp3) is 0. The van der Waals surface area contributed by atoms with E-state index in [-0.39, 0.29) is 0 Å². The van der Waals surface area contributed by atoms with Crippen molar-refractivity contribution >= 4 is 53.4 Å². The maximum absolute atomic E-state index is 5.18. The van der Waals surface area contributed by atoms with Gasteiger partial charge in [-0.25, -0.2) is 19.9 Å². The van der Waals surface area contributed by atoms with E-state index in [1.165, 1.54) is 20.9 Å². The molecule has 10 aromatic rings. The summed E-state index contributed by atoms with van der Waals surface area (Å²) in [5, 5.41) is 4.70. The minimum Gasteiger partial charge on any atom is -0.292 e. The first-order valence-corrected chi connectivity index (χ1v) is 17.4. The zero-order chi connectivity index (χ0) is 33.0. The number of aromatic nitrogens is 5. The Morgan fingerprint density at radius 1 is 0.420 bits per heavy atom. The summed E-state index contributed by atoms with van der Waals surface area (Å²) in [5.41, 5.74) is 8.33. The van der Waals surface area contributed by atoms with Crippen molar-refractivity contribution in [3.63, 3.8) is 0 Å². The van der Waals surface area contributed by atoms with Crippen LogP contribution in [0.4, 0.5) is 0 Å². The van der Waals surface area contributed by atoms with Gasteiger partial charge in [-0.05, 0) is 47.5 Å². The van der Waals surface area contributed by atoms with Gasteiger partial charge in [0.1, 0.15) is 5.65 Å². The van der Waals surface area contributed by atoms with E-state index in [1.807, 2.05) is 36.5 Å². The van der Waals surface area contributed by atoms with Gasteiger partial charge >= 0.3 is 0 Å². The summed E-state index contributed by atoms with van der Waals surface area (Å²) >= 11 is 1.78. The molecule has 5 nitrogen and oxygen atoms in total. The predicted molar refractivity (Wildman–Crippen MR) is 207 cm³/mol. The first-order valence-electron chi connectivity index (χ1n) is 16.6. The first kappa shape index (κ1) is 28.5. The number of fused-ring (bicyclic) bond motifs is 6. The molecule has 234 valence electrons. The molecule has 4 heterocycles. The minimum atomic E-state index is 0.641. The number of hydrogen-bond donors (Lipinski definition) is 0. The lowest BCUT2D eigenvalue weighted by atomic mass is 10.0. The molecular weight excluding hydrogens is 631 g/mol. The van der Waals surface area contributed by atoms with Gasteiger partial charge in [-0.1, -0.05) is 121 Å². The largest absolute Gasteiger partial charge is 0.292 e. The average Bonchev–Trinajstić information content (AvgIpc) is 3.75. The number of pyridine rings is 1. The van der Waals surface area contributed by atoms with Crippen LogP contribution in [0.25, 0.3) is 93.1 Å². The van der Waals surface area contributed by atoms with Gasteiger partial charge in [0.05, 0.1) is 15.9 Å². The van der Waals surface area contributed by atoms with Crippen molar-refractivity contribution in [2.24, 2.45) is 0 Å². The van der Waals surface area contributed by atoms with Crippen LogP contribution in [0.2, 0.25) is 0 Å². The van der Waals surface area contributed by atoms with E-state index >= 15 is 0 Å². The molecule has 0 saturated carbocycles. The van der Waals surface area contributed by atoms with Crippen LogP contribution in [-0.2, 0) is 0 Å². The van der Waals surface area contributed by atoms with Crippen molar-refractivity contribution in [1.29, 1.82) is 0 Å². The maximum atomic E-state index is 5.18. The number of para-hydroxylation sites is 1. The molecule has 0 aliphatic rings. The predicted octanol–water partition coefficient (Wildman–Crippen LogP) is 11.4. The van der Waals surface area contributed by atoms with E-state index in [0.29, 0.717) is 17.5 Å². The third-order valence-corrected chi connectivity index (χ3v) is 10.6. The summed E-state index contributed by atoms with van der Waals surface area (Å²) in [7, 11) is 0. The molecule has 0 aliphatic carbocycles. The fourth-order valence-electron chi connectivity index (χ4n) is 7.01. The lowest BCUT2D eigenvalue weighted by Crippen LogP contribution is -2.00. The molecular formula is C44H27N5S. The Hall–Kier alpha value is -6.50. The highest BCUT2D eigenvalue weighted by atomic mass is 32.1. The SMILES string of the molecule is c1ccc(-c2cccc(-c3nc(-c4ccccc4)nc(-c4cccc5c4sc4c(-n6c7ccccc7c7cccnc76)cccc45)n3)c2)cc1. The second-order valence-electron chi connectivity index (χ2n) is 12.3. The molecule has 0 unspecified atom stereocenters. The van der Waals surface area contributed by atoms with Gasteiger partial charge in [0, 0.05) is 49.1 Å². The highest BCUT2D eigenvalue weighted by Gasteiger charge is 2.20. The zero-order valence-electron chi connectivity index (χ0n) is 26.7. The maximum Gasteiger partial charge on any atom is 0.165 e. The van der Waals surface area contributed by atoms with Crippen molar-refractivity contribution in [2.75, 3.05) is 0 Å². The molecule has 4 aromatic heterocycles. The molecule has 6 aromatic carbocycles. The Morgan fingerprint density at radius 2 is 1.02 bits per heavy atom.